The summed E-state index contributed by atoms with van der Waals surface area (Å²) in [5.41, 5.74) is 5.08. The summed E-state index contributed by atoms with van der Waals surface area (Å²) in [4.78, 5) is 17.7. The predicted octanol–water partition coefficient (Wildman–Crippen LogP) is 3.97. The molecule has 1 aromatic carbocycles. The number of anilines is 1. The van der Waals surface area contributed by atoms with E-state index in [0.29, 0.717) is 11.6 Å². The summed E-state index contributed by atoms with van der Waals surface area (Å²) in [5, 5.41) is 6.68. The number of hydrogen-bond donors (Lipinski definition) is 2. The van der Waals surface area contributed by atoms with Crippen LogP contribution in [-0.4, -0.2) is 24.5 Å². The van der Waals surface area contributed by atoms with Gasteiger partial charge in [0.15, 0.2) is 5.13 Å². The van der Waals surface area contributed by atoms with Crippen LogP contribution in [0.4, 0.5) is 5.13 Å². The third-order valence-electron chi connectivity index (χ3n) is 4.25. The van der Waals surface area contributed by atoms with Crippen LogP contribution in [0.15, 0.2) is 18.2 Å². The van der Waals surface area contributed by atoms with Crippen LogP contribution < -0.4 is 10.6 Å². The first-order valence-electron chi connectivity index (χ1n) is 8.21. The lowest BCUT2D eigenvalue weighted by Crippen LogP contribution is -2.15. The second kappa shape index (κ2) is 8.60. The number of aryl methyl sites for hydroxylation is 3. The van der Waals surface area contributed by atoms with Gasteiger partial charge in [0.25, 0.3) is 0 Å². The monoisotopic (exact) mass is 365 g/mol. The zero-order valence-corrected chi connectivity index (χ0v) is 15.8. The highest BCUT2D eigenvalue weighted by molar-refractivity contribution is 7.16. The lowest BCUT2D eigenvalue weighted by atomic mass is 10.0. The van der Waals surface area contributed by atoms with E-state index in [4.69, 9.17) is 0 Å². The molecule has 0 atom stereocenters. The largest absolute Gasteiger partial charge is 0.320 e. The number of nitrogens with one attached hydrogen (secondary N) is 2. The highest BCUT2D eigenvalue weighted by Crippen LogP contribution is 2.33. The molecule has 1 aliphatic rings. The Hall–Kier alpha value is -1.43. The summed E-state index contributed by atoms with van der Waals surface area (Å²) in [5.74, 6) is 0.0366. The first-order valence-corrected chi connectivity index (χ1v) is 9.03. The highest BCUT2D eigenvalue weighted by atomic mass is 35.5. The lowest BCUT2D eigenvalue weighted by molar-refractivity contribution is -0.116. The molecule has 6 heteroatoms. The summed E-state index contributed by atoms with van der Waals surface area (Å²) >= 11 is 1.55. The molecule has 0 radical (unpaired) electrons. The van der Waals surface area contributed by atoms with Gasteiger partial charge >= 0.3 is 0 Å². The van der Waals surface area contributed by atoms with E-state index in [1.54, 1.807) is 11.3 Å². The minimum absolute atomic E-state index is 0. The van der Waals surface area contributed by atoms with E-state index in [1.807, 2.05) is 7.05 Å². The number of nitrogens with zero attached hydrogens (tertiary/aromatic N) is 1. The Morgan fingerprint density at radius 3 is 2.88 bits per heavy atom. The van der Waals surface area contributed by atoms with Gasteiger partial charge in [0.1, 0.15) is 0 Å². The molecule has 1 aliphatic carbocycles. The number of carbonyl (C=O) groups is 1. The van der Waals surface area contributed by atoms with E-state index in [0.717, 1.165) is 29.1 Å². The van der Waals surface area contributed by atoms with E-state index in [9.17, 15) is 4.79 Å². The van der Waals surface area contributed by atoms with Gasteiger partial charge < -0.3 is 10.6 Å². The van der Waals surface area contributed by atoms with Gasteiger partial charge in [0.05, 0.1) is 5.69 Å². The van der Waals surface area contributed by atoms with E-state index in [2.05, 4.69) is 40.7 Å². The Morgan fingerprint density at radius 1 is 1.29 bits per heavy atom. The van der Waals surface area contributed by atoms with Crippen molar-refractivity contribution in [1.29, 1.82) is 0 Å². The molecule has 0 fully saturated rings. The third kappa shape index (κ3) is 4.35. The minimum atomic E-state index is 0. The molecule has 0 aliphatic heterocycles. The molecule has 1 heterocycles. The minimum Gasteiger partial charge on any atom is -0.320 e. The Balaban J connectivity index is 0.00000208. The molecule has 0 saturated heterocycles. The Labute approximate surface area is 153 Å². The highest BCUT2D eigenvalue weighted by Gasteiger charge is 2.15. The van der Waals surface area contributed by atoms with Gasteiger partial charge in [-0.25, -0.2) is 4.98 Å². The zero-order chi connectivity index (χ0) is 16.2. The summed E-state index contributed by atoms with van der Waals surface area (Å²) in [6, 6.07) is 6.65. The summed E-state index contributed by atoms with van der Waals surface area (Å²) < 4.78 is 0. The van der Waals surface area contributed by atoms with E-state index in [1.165, 1.54) is 30.4 Å². The molecular weight excluding hydrogens is 342 g/mol. The molecule has 130 valence electrons. The quantitative estimate of drug-likeness (QED) is 0.761. The molecule has 0 unspecified atom stereocenters. The molecule has 0 saturated carbocycles. The van der Waals surface area contributed by atoms with Crippen molar-refractivity contribution >= 4 is 34.8 Å². The van der Waals surface area contributed by atoms with Crippen LogP contribution in [0.25, 0.3) is 11.3 Å². The normalized spacial score (nSPS) is 12.6. The molecule has 4 nitrogen and oxygen atoms in total. The van der Waals surface area contributed by atoms with Crippen LogP contribution in [0.1, 0.15) is 35.3 Å². The van der Waals surface area contributed by atoms with Crippen molar-refractivity contribution in [1.82, 2.24) is 10.3 Å². The lowest BCUT2D eigenvalue weighted by Gasteiger charge is -2.03. The molecule has 24 heavy (non-hydrogen) atoms. The first-order chi connectivity index (χ1) is 11.2. The topological polar surface area (TPSA) is 54.0 Å². The van der Waals surface area contributed by atoms with Gasteiger partial charge in [0, 0.05) is 16.9 Å². The number of carbonyl (C=O) groups excluding carboxylic acids is 1. The molecular formula is C18H24ClN3OS. The average Bonchev–Trinajstić information content (AvgIpc) is 3.13. The van der Waals surface area contributed by atoms with E-state index < -0.39 is 0 Å². The molecule has 3 rings (SSSR count). The first kappa shape index (κ1) is 18.9. The van der Waals surface area contributed by atoms with Crippen molar-refractivity contribution in [3.8, 4) is 11.3 Å². The maximum absolute atomic E-state index is 11.9. The summed E-state index contributed by atoms with van der Waals surface area (Å²) in [6.45, 7) is 2.92. The molecule has 1 amide bonds. The number of rotatable bonds is 6. The summed E-state index contributed by atoms with van der Waals surface area (Å²) in [7, 11) is 1.89. The second-order valence-electron chi connectivity index (χ2n) is 6.02. The van der Waals surface area contributed by atoms with Gasteiger partial charge in [-0.15, -0.1) is 23.7 Å². The van der Waals surface area contributed by atoms with E-state index >= 15 is 0 Å². The van der Waals surface area contributed by atoms with Crippen molar-refractivity contribution in [2.75, 3.05) is 18.9 Å². The molecule has 0 spiro atoms. The number of aromatic nitrogens is 1. The zero-order valence-electron chi connectivity index (χ0n) is 14.1. The van der Waals surface area contributed by atoms with Crippen LogP contribution in [0.3, 0.4) is 0 Å². The van der Waals surface area contributed by atoms with Crippen molar-refractivity contribution in [3.63, 3.8) is 0 Å². The Morgan fingerprint density at radius 2 is 2.08 bits per heavy atom. The third-order valence-corrected chi connectivity index (χ3v) is 5.13. The Kier molecular flexibility index (Phi) is 6.78. The van der Waals surface area contributed by atoms with E-state index in [-0.39, 0.29) is 18.3 Å². The standard InChI is InChI=1S/C18H23N3OS.ClH/c1-12-17(15-9-8-13-5-3-6-14(13)11-15)21-18(23-12)20-16(22)7-4-10-19-2;/h8-9,11,19H,3-7,10H2,1-2H3,(H,20,21,22);1H. The van der Waals surface area contributed by atoms with Gasteiger partial charge in [-0.2, -0.15) is 0 Å². The smallest absolute Gasteiger partial charge is 0.226 e. The molecule has 2 aromatic rings. The maximum atomic E-state index is 11.9. The molecule has 0 bridgehead atoms. The van der Waals surface area contributed by atoms with Gasteiger partial charge in [-0.05, 0) is 63.4 Å². The van der Waals surface area contributed by atoms with Crippen LogP contribution in [0, 0.1) is 6.92 Å². The maximum Gasteiger partial charge on any atom is 0.226 e. The molecule has 1 aromatic heterocycles. The number of thiazole rings is 1. The SMILES string of the molecule is CNCCCC(=O)Nc1nc(-c2ccc3c(c2)CCC3)c(C)s1.Cl. The van der Waals surface area contributed by atoms with Gasteiger partial charge in [0.2, 0.25) is 5.91 Å². The number of halogens is 1. The van der Waals surface area contributed by atoms with Crippen LogP contribution >= 0.6 is 23.7 Å². The molecule has 2 N–H and O–H groups in total. The predicted molar refractivity (Wildman–Crippen MR) is 103 cm³/mol. The van der Waals surface area contributed by atoms with Crippen LogP contribution in [-0.2, 0) is 17.6 Å². The average molecular weight is 366 g/mol. The van der Waals surface area contributed by atoms with Crippen molar-refractivity contribution < 1.29 is 4.79 Å². The van der Waals surface area contributed by atoms with Gasteiger partial charge in [-0.3, -0.25) is 4.79 Å². The van der Waals surface area contributed by atoms with Crippen LogP contribution in [0.5, 0.6) is 0 Å². The fraction of sp³-hybridized carbons (Fsp3) is 0.444. The fourth-order valence-corrected chi connectivity index (χ4v) is 3.90. The summed E-state index contributed by atoms with van der Waals surface area (Å²) in [6.07, 6.45) is 4.97. The number of fused-ring (bicyclic) bond motifs is 1. The van der Waals surface area contributed by atoms with Gasteiger partial charge in [-0.1, -0.05) is 12.1 Å². The van der Waals surface area contributed by atoms with Crippen molar-refractivity contribution in [3.05, 3.63) is 34.2 Å². The number of benzene rings is 1. The fourth-order valence-electron chi connectivity index (χ4n) is 3.04. The number of amides is 1. The second-order valence-corrected chi connectivity index (χ2v) is 7.22. The number of hydrogen-bond acceptors (Lipinski definition) is 4. The Bertz CT molecular complexity index is 714. The van der Waals surface area contributed by atoms with Crippen molar-refractivity contribution in [2.45, 2.75) is 39.0 Å². The van der Waals surface area contributed by atoms with Crippen LogP contribution in [0.2, 0.25) is 0 Å². The van der Waals surface area contributed by atoms with Crippen molar-refractivity contribution in [2.24, 2.45) is 0 Å².